The molecule has 3 heterocycles. The van der Waals surface area contributed by atoms with Crippen LogP contribution in [0.25, 0.3) is 21.5 Å². The third-order valence-electron chi connectivity index (χ3n) is 7.83. The molecule has 3 aromatic carbocycles. The molecule has 0 atom stereocenters. The van der Waals surface area contributed by atoms with Crippen LogP contribution in [0.4, 0.5) is 5.13 Å². The molecular weight excluding hydrogens is 633 g/mol. The molecule has 1 N–H and O–H groups in total. The first-order valence-electron chi connectivity index (χ1n) is 13.6. The van der Waals surface area contributed by atoms with Crippen LogP contribution in [-0.4, -0.2) is 41.4 Å². The maximum Gasteiger partial charge on any atom is 0.335 e. The molecular formula is C31H24Cl3N3O5S. The number of aromatic nitrogens is 2. The Morgan fingerprint density at radius 2 is 1.84 bits per heavy atom. The van der Waals surface area contributed by atoms with Gasteiger partial charge < -0.3 is 24.0 Å². The van der Waals surface area contributed by atoms with Crippen LogP contribution in [0.3, 0.4) is 0 Å². The van der Waals surface area contributed by atoms with Crippen LogP contribution < -0.4 is 14.4 Å². The highest BCUT2D eigenvalue weighted by Crippen LogP contribution is 2.46. The predicted octanol–water partition coefficient (Wildman–Crippen LogP) is 8.68. The third-order valence-corrected chi connectivity index (χ3v) is 9.85. The minimum absolute atomic E-state index is 0.173. The predicted molar refractivity (Wildman–Crippen MR) is 168 cm³/mol. The van der Waals surface area contributed by atoms with Gasteiger partial charge in [-0.1, -0.05) is 63.4 Å². The van der Waals surface area contributed by atoms with Crippen LogP contribution >= 0.6 is 46.1 Å². The summed E-state index contributed by atoms with van der Waals surface area (Å²) in [5.74, 6) is 1.44. The molecule has 2 aromatic heterocycles. The number of methoxy groups -OCH3 is 1. The standard InChI is InChI=1S/C31H24Cl3N3O5S/c1-40-24-9-16(30(38)39)10-25-28(24)35-31(43-25)37-12-17(13-37)19-8-7-18(11-23(19)34)41-14-20-27(36-42-29(20)15-5-6-15)26-21(32)3-2-4-22(26)33/h2-4,7-11,15,17H,5-6,12-14H2,1H3,(H,38,39). The van der Waals surface area contributed by atoms with Gasteiger partial charge in [0.1, 0.15) is 35.1 Å². The molecule has 1 saturated heterocycles. The van der Waals surface area contributed by atoms with E-state index in [0.717, 1.165) is 52.6 Å². The van der Waals surface area contributed by atoms with Crippen molar-refractivity contribution in [2.45, 2.75) is 31.3 Å². The van der Waals surface area contributed by atoms with Crippen molar-refractivity contribution in [3.8, 4) is 22.8 Å². The number of nitrogens with zero attached hydrogens (tertiary/aromatic N) is 3. The van der Waals surface area contributed by atoms with Gasteiger partial charge in [0.15, 0.2) is 5.13 Å². The Morgan fingerprint density at radius 3 is 2.51 bits per heavy atom. The third kappa shape index (κ3) is 5.29. The van der Waals surface area contributed by atoms with Crippen molar-refractivity contribution in [1.29, 1.82) is 0 Å². The number of hydrogen-bond donors (Lipinski definition) is 1. The molecule has 0 amide bonds. The van der Waals surface area contributed by atoms with Gasteiger partial charge in [-0.2, -0.15) is 0 Å². The lowest BCUT2D eigenvalue weighted by molar-refractivity contribution is 0.0696. The van der Waals surface area contributed by atoms with E-state index in [-0.39, 0.29) is 18.1 Å². The molecule has 12 heteroatoms. The maximum atomic E-state index is 11.5. The van der Waals surface area contributed by atoms with Crippen molar-refractivity contribution in [1.82, 2.24) is 10.1 Å². The molecule has 8 nitrogen and oxygen atoms in total. The molecule has 43 heavy (non-hydrogen) atoms. The maximum absolute atomic E-state index is 11.5. The van der Waals surface area contributed by atoms with Crippen LogP contribution in [-0.2, 0) is 6.61 Å². The van der Waals surface area contributed by atoms with Crippen LogP contribution in [0.5, 0.6) is 11.5 Å². The highest BCUT2D eigenvalue weighted by Gasteiger charge is 2.34. The van der Waals surface area contributed by atoms with E-state index in [1.807, 2.05) is 18.2 Å². The van der Waals surface area contributed by atoms with E-state index >= 15 is 0 Å². The molecule has 220 valence electrons. The topological polar surface area (TPSA) is 97.9 Å². The van der Waals surface area contributed by atoms with Gasteiger partial charge in [0.2, 0.25) is 0 Å². The first kappa shape index (κ1) is 28.3. The number of hydrogen-bond acceptors (Lipinski definition) is 8. The lowest BCUT2D eigenvalue weighted by atomic mass is 9.92. The number of benzene rings is 3. The number of halogens is 3. The second kappa shape index (κ2) is 11.2. The number of ether oxygens (including phenoxy) is 2. The van der Waals surface area contributed by atoms with Crippen LogP contribution in [0.2, 0.25) is 15.1 Å². The Hall–Kier alpha value is -3.50. The Labute approximate surface area is 265 Å². The molecule has 2 aliphatic rings. The van der Waals surface area contributed by atoms with E-state index in [0.29, 0.717) is 49.3 Å². The summed E-state index contributed by atoms with van der Waals surface area (Å²) in [5, 5.41) is 16.2. The molecule has 1 saturated carbocycles. The number of thiazole rings is 1. The van der Waals surface area contributed by atoms with Gasteiger partial charge in [-0.25, -0.2) is 9.78 Å². The smallest absolute Gasteiger partial charge is 0.335 e. The highest BCUT2D eigenvalue weighted by molar-refractivity contribution is 7.22. The number of fused-ring (bicyclic) bond motifs is 1. The molecule has 5 aromatic rings. The number of carboxylic acid groups (broad SMARTS) is 1. The van der Waals surface area contributed by atoms with Gasteiger partial charge in [0, 0.05) is 35.5 Å². The Kier molecular flexibility index (Phi) is 7.37. The zero-order chi connectivity index (χ0) is 29.8. The van der Waals surface area contributed by atoms with Gasteiger partial charge >= 0.3 is 5.97 Å². The van der Waals surface area contributed by atoms with E-state index in [1.165, 1.54) is 24.5 Å². The van der Waals surface area contributed by atoms with Crippen molar-refractivity contribution in [3.63, 3.8) is 0 Å². The normalized spacial score (nSPS) is 15.1. The molecule has 0 bridgehead atoms. The SMILES string of the molecule is COc1cc(C(=O)O)cc2sc(N3CC(c4ccc(OCc5c(-c6c(Cl)cccc6Cl)noc5C5CC5)cc4Cl)C3)nc12. The van der Waals surface area contributed by atoms with Gasteiger partial charge in [-0.15, -0.1) is 0 Å². The fraction of sp³-hybridized carbons (Fsp3) is 0.258. The first-order valence-corrected chi connectivity index (χ1v) is 15.6. The van der Waals surface area contributed by atoms with E-state index in [4.69, 9.17) is 53.8 Å². The van der Waals surface area contributed by atoms with E-state index in [2.05, 4.69) is 10.1 Å². The lowest BCUT2D eigenvalue weighted by Crippen LogP contribution is -2.45. The molecule has 0 spiro atoms. The zero-order valence-corrected chi connectivity index (χ0v) is 25.9. The van der Waals surface area contributed by atoms with E-state index < -0.39 is 5.97 Å². The zero-order valence-electron chi connectivity index (χ0n) is 22.8. The summed E-state index contributed by atoms with van der Waals surface area (Å²) < 4.78 is 18.1. The first-order chi connectivity index (χ1) is 20.8. The van der Waals surface area contributed by atoms with E-state index in [1.54, 1.807) is 24.3 Å². The van der Waals surface area contributed by atoms with Crippen LogP contribution in [0.15, 0.2) is 53.1 Å². The monoisotopic (exact) mass is 655 g/mol. The fourth-order valence-electron chi connectivity index (χ4n) is 5.37. The Morgan fingerprint density at radius 1 is 1.07 bits per heavy atom. The van der Waals surface area contributed by atoms with Crippen molar-refractivity contribution in [2.75, 3.05) is 25.1 Å². The summed E-state index contributed by atoms with van der Waals surface area (Å²) in [6.45, 7) is 1.71. The lowest BCUT2D eigenvalue weighted by Gasteiger charge is -2.39. The summed E-state index contributed by atoms with van der Waals surface area (Å²) in [5.41, 5.74) is 3.94. The van der Waals surface area contributed by atoms with Crippen LogP contribution in [0, 0.1) is 0 Å². The number of carboxylic acids is 1. The average molecular weight is 657 g/mol. The van der Waals surface area contributed by atoms with E-state index in [9.17, 15) is 9.90 Å². The summed E-state index contributed by atoms with van der Waals surface area (Å²) in [7, 11) is 1.51. The summed E-state index contributed by atoms with van der Waals surface area (Å²) >= 11 is 21.2. The van der Waals surface area contributed by atoms with Crippen molar-refractivity contribution >= 4 is 67.5 Å². The molecule has 1 aliphatic carbocycles. The average Bonchev–Trinajstić information content (AvgIpc) is 3.58. The summed E-state index contributed by atoms with van der Waals surface area (Å²) in [6, 6.07) is 14.2. The van der Waals surface area contributed by atoms with Crippen molar-refractivity contribution in [2.24, 2.45) is 0 Å². The van der Waals surface area contributed by atoms with Gasteiger partial charge in [-0.05, 0) is 54.8 Å². The summed E-state index contributed by atoms with van der Waals surface area (Å²) in [6.07, 6.45) is 2.09. The largest absolute Gasteiger partial charge is 0.494 e. The van der Waals surface area contributed by atoms with Gasteiger partial charge in [0.25, 0.3) is 0 Å². The second-order valence-corrected chi connectivity index (χ2v) is 12.9. The minimum atomic E-state index is -1.00. The van der Waals surface area contributed by atoms with Gasteiger partial charge in [0.05, 0.1) is 33.0 Å². The van der Waals surface area contributed by atoms with Crippen molar-refractivity contribution < 1.29 is 23.9 Å². The number of anilines is 1. The molecule has 1 aliphatic heterocycles. The number of aromatic carboxylic acids is 1. The van der Waals surface area contributed by atoms with Crippen molar-refractivity contribution in [3.05, 3.63) is 86.0 Å². The van der Waals surface area contributed by atoms with Crippen LogP contribution in [0.1, 0.15) is 51.9 Å². The fourth-order valence-corrected chi connectivity index (χ4v) is 7.31. The molecule has 7 rings (SSSR count). The molecule has 0 unspecified atom stereocenters. The number of carbonyl (C=O) groups is 1. The Balaban J connectivity index is 1.06. The van der Waals surface area contributed by atoms with Gasteiger partial charge in [-0.3, -0.25) is 0 Å². The second-order valence-electron chi connectivity index (χ2n) is 10.6. The molecule has 0 radical (unpaired) electrons. The summed E-state index contributed by atoms with van der Waals surface area (Å²) in [4.78, 5) is 18.4. The highest BCUT2D eigenvalue weighted by atomic mass is 35.5. The number of rotatable bonds is 9. The molecule has 2 fully saturated rings. The Bertz CT molecular complexity index is 1860. The quantitative estimate of drug-likeness (QED) is 0.168. The minimum Gasteiger partial charge on any atom is -0.494 e.